The Morgan fingerprint density at radius 2 is 1.95 bits per heavy atom. The molecule has 1 aliphatic heterocycles. The van der Waals surface area contributed by atoms with E-state index in [1.165, 1.54) is 16.6 Å². The highest BCUT2D eigenvalue weighted by atomic mass is 16.7. The number of hydrogen-bond donors (Lipinski definition) is 1. The molecule has 4 rings (SSSR count). The summed E-state index contributed by atoms with van der Waals surface area (Å²) in [6.45, 7) is 3.58. The molecule has 2 fully saturated rings. The van der Waals surface area contributed by atoms with Crippen LogP contribution in [0.15, 0.2) is 18.2 Å². The van der Waals surface area contributed by atoms with Crippen molar-refractivity contribution in [3.63, 3.8) is 0 Å². The van der Waals surface area contributed by atoms with Crippen LogP contribution in [-0.2, 0) is 9.47 Å². The molecule has 1 aromatic carbocycles. The predicted octanol–water partition coefficient (Wildman–Crippen LogP) is 3.75. The number of nitrogens with one attached hydrogen (secondary N) is 1. The van der Waals surface area contributed by atoms with Crippen LogP contribution in [0.2, 0.25) is 0 Å². The van der Waals surface area contributed by atoms with Gasteiger partial charge in [-0.05, 0) is 49.4 Å². The summed E-state index contributed by atoms with van der Waals surface area (Å²) >= 11 is 0. The van der Waals surface area contributed by atoms with Gasteiger partial charge in [0.15, 0.2) is 5.79 Å². The van der Waals surface area contributed by atoms with E-state index in [1.54, 1.807) is 0 Å². The van der Waals surface area contributed by atoms with Gasteiger partial charge in [0.2, 0.25) is 0 Å². The summed E-state index contributed by atoms with van der Waals surface area (Å²) in [7, 11) is 0. The number of rotatable bonds is 1. The quantitative estimate of drug-likeness (QED) is 0.872. The van der Waals surface area contributed by atoms with Crippen LogP contribution in [0.4, 0.5) is 0 Å². The van der Waals surface area contributed by atoms with Crippen LogP contribution < -0.4 is 0 Å². The average Bonchev–Trinajstić information content (AvgIpc) is 3.12. The molecule has 2 heterocycles. The Kier molecular flexibility index (Phi) is 3.21. The number of aromatic amines is 1. The Morgan fingerprint density at radius 1 is 1.23 bits per heavy atom. The van der Waals surface area contributed by atoms with Gasteiger partial charge in [0.1, 0.15) is 0 Å². The Bertz CT molecular complexity index is 740. The smallest absolute Gasteiger partial charge is 0.168 e. The van der Waals surface area contributed by atoms with E-state index in [0.717, 1.165) is 50.0 Å². The fraction of sp³-hybridized carbons (Fsp3) is 0.500. The van der Waals surface area contributed by atoms with E-state index in [4.69, 9.17) is 14.7 Å². The van der Waals surface area contributed by atoms with E-state index >= 15 is 0 Å². The molecule has 1 N–H and O–H groups in total. The van der Waals surface area contributed by atoms with Crippen molar-refractivity contribution < 1.29 is 9.47 Å². The van der Waals surface area contributed by atoms with Crippen LogP contribution in [0.25, 0.3) is 10.9 Å². The lowest BCUT2D eigenvalue weighted by Gasteiger charge is -2.35. The van der Waals surface area contributed by atoms with E-state index < -0.39 is 0 Å². The fourth-order valence-electron chi connectivity index (χ4n) is 4.08. The number of ether oxygens (including phenoxy) is 2. The third-order valence-corrected chi connectivity index (χ3v) is 5.13. The molecule has 22 heavy (non-hydrogen) atoms. The average molecular weight is 296 g/mol. The van der Waals surface area contributed by atoms with Gasteiger partial charge in [-0.1, -0.05) is 0 Å². The first kappa shape index (κ1) is 13.8. The standard InChI is InChI=1S/C18H20N2O2/c1-12-17(15-10-13(11-19)2-3-16(15)20-12)14-4-6-18(7-5-14)21-8-9-22-18/h2-3,10,14,20H,4-9H2,1H3. The molecule has 4 heteroatoms. The van der Waals surface area contributed by atoms with Gasteiger partial charge in [-0.2, -0.15) is 5.26 Å². The van der Waals surface area contributed by atoms with Gasteiger partial charge in [-0.3, -0.25) is 0 Å². The number of hydrogen-bond acceptors (Lipinski definition) is 3. The van der Waals surface area contributed by atoms with E-state index in [9.17, 15) is 0 Å². The third-order valence-electron chi connectivity index (χ3n) is 5.13. The van der Waals surface area contributed by atoms with Crippen molar-refractivity contribution in [3.8, 4) is 6.07 Å². The highest BCUT2D eigenvalue weighted by molar-refractivity contribution is 5.86. The molecule has 0 radical (unpaired) electrons. The number of benzene rings is 1. The first-order valence-electron chi connectivity index (χ1n) is 8.01. The minimum Gasteiger partial charge on any atom is -0.358 e. The molecule has 2 aliphatic rings. The van der Waals surface area contributed by atoms with Crippen molar-refractivity contribution in [3.05, 3.63) is 35.0 Å². The Balaban J connectivity index is 1.67. The molecular formula is C18H20N2O2. The van der Waals surface area contributed by atoms with Gasteiger partial charge in [0.25, 0.3) is 0 Å². The topological polar surface area (TPSA) is 58.0 Å². The van der Waals surface area contributed by atoms with E-state index in [1.807, 2.05) is 18.2 Å². The van der Waals surface area contributed by atoms with Crippen molar-refractivity contribution in [1.82, 2.24) is 4.98 Å². The second-order valence-corrected chi connectivity index (χ2v) is 6.42. The Hall–Kier alpha value is -1.83. The summed E-state index contributed by atoms with van der Waals surface area (Å²) in [5.41, 5.74) is 4.45. The van der Waals surface area contributed by atoms with Gasteiger partial charge >= 0.3 is 0 Å². The van der Waals surface area contributed by atoms with Gasteiger partial charge < -0.3 is 14.5 Å². The van der Waals surface area contributed by atoms with Crippen LogP contribution in [0.5, 0.6) is 0 Å². The highest BCUT2D eigenvalue weighted by Gasteiger charge is 2.41. The minimum atomic E-state index is -0.311. The molecule has 1 saturated heterocycles. The lowest BCUT2D eigenvalue weighted by molar-refractivity contribution is -0.178. The zero-order valence-electron chi connectivity index (χ0n) is 12.8. The van der Waals surface area contributed by atoms with Gasteiger partial charge in [-0.25, -0.2) is 0 Å². The molecule has 4 nitrogen and oxygen atoms in total. The maximum Gasteiger partial charge on any atom is 0.168 e. The maximum absolute atomic E-state index is 9.15. The van der Waals surface area contributed by atoms with Crippen molar-refractivity contribution in [1.29, 1.82) is 5.26 Å². The Labute approximate surface area is 130 Å². The second kappa shape index (κ2) is 5.12. The molecule has 1 spiro atoms. The van der Waals surface area contributed by atoms with Gasteiger partial charge in [-0.15, -0.1) is 0 Å². The van der Waals surface area contributed by atoms with Gasteiger partial charge in [0, 0.05) is 29.4 Å². The molecule has 114 valence electrons. The zero-order chi connectivity index (χ0) is 15.2. The minimum absolute atomic E-state index is 0.311. The zero-order valence-corrected chi connectivity index (χ0v) is 12.8. The molecule has 0 unspecified atom stereocenters. The molecule has 1 aliphatic carbocycles. The fourth-order valence-corrected chi connectivity index (χ4v) is 4.08. The second-order valence-electron chi connectivity index (χ2n) is 6.42. The maximum atomic E-state index is 9.15. The van der Waals surface area contributed by atoms with Crippen molar-refractivity contribution >= 4 is 10.9 Å². The van der Waals surface area contributed by atoms with Crippen LogP contribution in [0.3, 0.4) is 0 Å². The largest absolute Gasteiger partial charge is 0.358 e. The molecule has 0 amide bonds. The number of fused-ring (bicyclic) bond motifs is 1. The summed E-state index contributed by atoms with van der Waals surface area (Å²) in [6.07, 6.45) is 4.07. The van der Waals surface area contributed by atoms with Crippen LogP contribution >= 0.6 is 0 Å². The predicted molar refractivity (Wildman–Crippen MR) is 83.6 cm³/mol. The molecule has 2 aromatic rings. The number of aryl methyl sites for hydroxylation is 1. The molecule has 1 saturated carbocycles. The van der Waals surface area contributed by atoms with Crippen LogP contribution in [-0.4, -0.2) is 24.0 Å². The SMILES string of the molecule is Cc1[nH]c2ccc(C#N)cc2c1C1CCC2(CC1)OCCO2. The van der Waals surface area contributed by atoms with Crippen molar-refractivity contribution in [2.75, 3.05) is 13.2 Å². The Morgan fingerprint density at radius 3 is 2.64 bits per heavy atom. The van der Waals surface area contributed by atoms with E-state index in [-0.39, 0.29) is 5.79 Å². The summed E-state index contributed by atoms with van der Waals surface area (Å²) in [5.74, 6) is 0.204. The third kappa shape index (κ3) is 2.13. The van der Waals surface area contributed by atoms with Gasteiger partial charge in [0.05, 0.1) is 24.8 Å². The number of nitriles is 1. The summed E-state index contributed by atoms with van der Waals surface area (Å²) in [5, 5.41) is 10.4. The molecule has 0 bridgehead atoms. The lowest BCUT2D eigenvalue weighted by atomic mass is 9.80. The first-order chi connectivity index (χ1) is 10.7. The van der Waals surface area contributed by atoms with E-state index in [0.29, 0.717) is 5.92 Å². The molecule has 1 aromatic heterocycles. The normalized spacial score (nSPS) is 21.5. The van der Waals surface area contributed by atoms with E-state index in [2.05, 4.69) is 18.0 Å². The summed E-state index contributed by atoms with van der Waals surface area (Å²) < 4.78 is 11.7. The number of nitrogens with zero attached hydrogens (tertiary/aromatic N) is 1. The monoisotopic (exact) mass is 296 g/mol. The van der Waals surface area contributed by atoms with Crippen LogP contribution in [0, 0.1) is 18.3 Å². The lowest BCUT2D eigenvalue weighted by Crippen LogP contribution is -2.34. The van der Waals surface area contributed by atoms with Crippen LogP contribution in [0.1, 0.15) is 48.4 Å². The van der Waals surface area contributed by atoms with Crippen molar-refractivity contribution in [2.24, 2.45) is 0 Å². The summed E-state index contributed by atoms with van der Waals surface area (Å²) in [6, 6.07) is 8.14. The molecule has 0 atom stereocenters. The van der Waals surface area contributed by atoms with Crippen molar-refractivity contribution in [2.45, 2.75) is 44.3 Å². The molecular weight excluding hydrogens is 276 g/mol. The summed E-state index contributed by atoms with van der Waals surface area (Å²) in [4.78, 5) is 3.46. The number of aromatic nitrogens is 1. The first-order valence-corrected chi connectivity index (χ1v) is 8.01. The number of H-pyrrole nitrogens is 1. The highest BCUT2D eigenvalue weighted by Crippen LogP contribution is 2.44.